The molecule has 0 aliphatic heterocycles. The first-order valence-corrected chi connectivity index (χ1v) is 6.00. The Hall–Kier alpha value is -1.59. The van der Waals surface area contributed by atoms with E-state index < -0.39 is 29.0 Å². The molecule has 1 fully saturated rings. The number of rotatable bonds is 3. The number of carbonyl (C=O) groups excluding carboxylic acids is 1. The molecule has 1 N–H and O–H groups in total. The molecule has 0 radical (unpaired) electrons. The predicted molar refractivity (Wildman–Crippen MR) is 61.1 cm³/mol. The largest absolute Gasteiger partial charge is 0.416 e. The lowest BCUT2D eigenvalue weighted by Gasteiger charge is -2.10. The van der Waals surface area contributed by atoms with Crippen LogP contribution >= 0.6 is 0 Å². The molecule has 0 heterocycles. The van der Waals surface area contributed by atoms with Gasteiger partial charge in [-0.1, -0.05) is 13.3 Å². The second-order valence-electron chi connectivity index (χ2n) is 4.68. The van der Waals surface area contributed by atoms with Crippen molar-refractivity contribution in [1.82, 2.24) is 5.32 Å². The Balaban J connectivity index is 2.17. The SMILES string of the molecule is CCC1CC1NC(=O)c1cc(C(F)(F)F)ccc1F. The van der Waals surface area contributed by atoms with E-state index in [2.05, 4.69) is 5.32 Å². The first-order chi connectivity index (χ1) is 8.82. The van der Waals surface area contributed by atoms with Crippen molar-refractivity contribution in [2.75, 3.05) is 0 Å². The monoisotopic (exact) mass is 275 g/mol. The molecule has 0 saturated heterocycles. The third kappa shape index (κ3) is 3.05. The Morgan fingerprint density at radius 3 is 2.63 bits per heavy atom. The fourth-order valence-electron chi connectivity index (χ4n) is 2.00. The minimum Gasteiger partial charge on any atom is -0.349 e. The van der Waals surface area contributed by atoms with Crippen LogP contribution in [0.2, 0.25) is 0 Å². The molecule has 2 rings (SSSR count). The van der Waals surface area contributed by atoms with Crippen molar-refractivity contribution in [3.8, 4) is 0 Å². The normalized spacial score (nSPS) is 22.2. The molecule has 0 bridgehead atoms. The maximum absolute atomic E-state index is 13.4. The fourth-order valence-corrected chi connectivity index (χ4v) is 2.00. The number of hydrogen-bond donors (Lipinski definition) is 1. The molecule has 2 nitrogen and oxygen atoms in total. The topological polar surface area (TPSA) is 29.1 Å². The number of amides is 1. The minimum atomic E-state index is -4.59. The van der Waals surface area contributed by atoms with Crippen LogP contribution in [0.1, 0.15) is 35.7 Å². The highest BCUT2D eigenvalue weighted by molar-refractivity contribution is 5.95. The number of nitrogens with one attached hydrogen (secondary N) is 1. The Labute approximate surface area is 107 Å². The molecule has 0 aromatic heterocycles. The highest BCUT2D eigenvalue weighted by atomic mass is 19.4. The number of benzene rings is 1. The molecule has 6 heteroatoms. The van der Waals surface area contributed by atoms with E-state index in [-0.39, 0.29) is 6.04 Å². The molecule has 0 spiro atoms. The van der Waals surface area contributed by atoms with E-state index in [1.807, 2.05) is 6.92 Å². The summed E-state index contributed by atoms with van der Waals surface area (Å²) in [6, 6.07) is 1.79. The molecular formula is C13H13F4NO. The number of alkyl halides is 3. The highest BCUT2D eigenvalue weighted by Gasteiger charge is 2.37. The smallest absolute Gasteiger partial charge is 0.349 e. The maximum Gasteiger partial charge on any atom is 0.416 e. The van der Waals surface area contributed by atoms with Gasteiger partial charge in [0, 0.05) is 6.04 Å². The van der Waals surface area contributed by atoms with E-state index in [9.17, 15) is 22.4 Å². The van der Waals surface area contributed by atoms with Crippen molar-refractivity contribution >= 4 is 5.91 Å². The molecule has 1 amide bonds. The molecule has 2 atom stereocenters. The summed E-state index contributed by atoms with van der Waals surface area (Å²) in [5, 5.41) is 2.54. The van der Waals surface area contributed by atoms with E-state index in [1.165, 1.54) is 0 Å². The summed E-state index contributed by atoms with van der Waals surface area (Å²) < 4.78 is 50.9. The molecule has 104 valence electrons. The van der Waals surface area contributed by atoms with Crippen LogP contribution < -0.4 is 5.32 Å². The van der Waals surface area contributed by atoms with E-state index >= 15 is 0 Å². The van der Waals surface area contributed by atoms with Crippen molar-refractivity contribution in [2.45, 2.75) is 32.0 Å². The minimum absolute atomic E-state index is 0.0496. The van der Waals surface area contributed by atoms with E-state index in [0.29, 0.717) is 24.1 Å². The molecule has 1 aromatic rings. The van der Waals surface area contributed by atoms with Gasteiger partial charge in [0.2, 0.25) is 0 Å². The highest BCUT2D eigenvalue weighted by Crippen LogP contribution is 2.34. The Morgan fingerprint density at radius 2 is 2.11 bits per heavy atom. The van der Waals surface area contributed by atoms with Gasteiger partial charge in [0.15, 0.2) is 0 Å². The third-order valence-corrected chi connectivity index (χ3v) is 3.30. The summed E-state index contributed by atoms with van der Waals surface area (Å²) in [5.41, 5.74) is -1.58. The summed E-state index contributed by atoms with van der Waals surface area (Å²) in [6.45, 7) is 1.96. The van der Waals surface area contributed by atoms with Crippen LogP contribution in [0.3, 0.4) is 0 Å². The second kappa shape index (κ2) is 4.83. The van der Waals surface area contributed by atoms with Gasteiger partial charge in [-0.05, 0) is 30.5 Å². The zero-order chi connectivity index (χ0) is 14.2. The maximum atomic E-state index is 13.4. The lowest BCUT2D eigenvalue weighted by Crippen LogP contribution is -2.28. The second-order valence-corrected chi connectivity index (χ2v) is 4.68. The average Bonchev–Trinajstić information content (AvgIpc) is 3.06. The first-order valence-electron chi connectivity index (χ1n) is 6.00. The van der Waals surface area contributed by atoms with Gasteiger partial charge in [0.1, 0.15) is 5.82 Å². The van der Waals surface area contributed by atoms with Gasteiger partial charge in [-0.15, -0.1) is 0 Å². The molecule has 1 saturated carbocycles. The molecule has 1 aliphatic rings. The van der Waals surface area contributed by atoms with Gasteiger partial charge >= 0.3 is 6.18 Å². The summed E-state index contributed by atoms with van der Waals surface area (Å²) in [6.07, 6.45) is -2.91. The Morgan fingerprint density at radius 1 is 1.42 bits per heavy atom. The van der Waals surface area contributed by atoms with Gasteiger partial charge in [0.05, 0.1) is 11.1 Å². The third-order valence-electron chi connectivity index (χ3n) is 3.30. The first kappa shape index (κ1) is 13.8. The van der Waals surface area contributed by atoms with Crippen molar-refractivity contribution in [3.63, 3.8) is 0 Å². The van der Waals surface area contributed by atoms with Crippen LogP contribution in [0.25, 0.3) is 0 Å². The van der Waals surface area contributed by atoms with Crippen LogP contribution in [0.4, 0.5) is 17.6 Å². The van der Waals surface area contributed by atoms with E-state index in [1.54, 1.807) is 0 Å². The van der Waals surface area contributed by atoms with Gasteiger partial charge in [-0.2, -0.15) is 13.2 Å². The van der Waals surface area contributed by atoms with Gasteiger partial charge < -0.3 is 5.32 Å². The van der Waals surface area contributed by atoms with Crippen LogP contribution in [0, 0.1) is 11.7 Å². The van der Waals surface area contributed by atoms with Crippen molar-refractivity contribution in [1.29, 1.82) is 0 Å². The van der Waals surface area contributed by atoms with E-state index in [0.717, 1.165) is 12.8 Å². The van der Waals surface area contributed by atoms with Crippen LogP contribution in [-0.2, 0) is 6.18 Å². The van der Waals surface area contributed by atoms with Gasteiger partial charge in [0.25, 0.3) is 5.91 Å². The van der Waals surface area contributed by atoms with Crippen LogP contribution in [0.15, 0.2) is 18.2 Å². The number of halogens is 4. The summed E-state index contributed by atoms with van der Waals surface area (Å²) in [7, 11) is 0. The summed E-state index contributed by atoms with van der Waals surface area (Å²) >= 11 is 0. The van der Waals surface area contributed by atoms with Crippen LogP contribution in [0.5, 0.6) is 0 Å². The zero-order valence-corrected chi connectivity index (χ0v) is 10.2. The molecule has 1 aliphatic carbocycles. The standard InChI is InChI=1S/C13H13F4NO/c1-2-7-5-11(7)18-12(19)9-6-8(13(15,16)17)3-4-10(9)14/h3-4,6-7,11H,2,5H2,1H3,(H,18,19). The summed E-state index contributed by atoms with van der Waals surface area (Å²) in [5.74, 6) is -1.39. The average molecular weight is 275 g/mol. The van der Waals surface area contributed by atoms with Crippen molar-refractivity contribution in [2.24, 2.45) is 5.92 Å². The Bertz CT molecular complexity index is 498. The molecule has 1 aromatic carbocycles. The number of carbonyl (C=O) groups is 1. The van der Waals surface area contributed by atoms with Crippen LogP contribution in [-0.4, -0.2) is 11.9 Å². The lowest BCUT2D eigenvalue weighted by molar-refractivity contribution is -0.137. The fraction of sp³-hybridized carbons (Fsp3) is 0.462. The van der Waals surface area contributed by atoms with E-state index in [4.69, 9.17) is 0 Å². The zero-order valence-electron chi connectivity index (χ0n) is 10.2. The number of hydrogen-bond acceptors (Lipinski definition) is 1. The van der Waals surface area contributed by atoms with Gasteiger partial charge in [-0.3, -0.25) is 4.79 Å². The predicted octanol–water partition coefficient (Wildman–Crippen LogP) is 3.37. The molecular weight excluding hydrogens is 262 g/mol. The Kier molecular flexibility index (Phi) is 3.52. The lowest BCUT2D eigenvalue weighted by atomic mass is 10.1. The van der Waals surface area contributed by atoms with Crippen molar-refractivity contribution < 1.29 is 22.4 Å². The summed E-state index contributed by atoms with van der Waals surface area (Å²) in [4.78, 5) is 11.7. The van der Waals surface area contributed by atoms with Crippen molar-refractivity contribution in [3.05, 3.63) is 35.1 Å². The quantitative estimate of drug-likeness (QED) is 0.842. The van der Waals surface area contributed by atoms with Gasteiger partial charge in [-0.25, -0.2) is 4.39 Å². The molecule has 19 heavy (non-hydrogen) atoms. The molecule has 2 unspecified atom stereocenters.